The van der Waals surface area contributed by atoms with E-state index in [1.165, 1.54) is 19.2 Å². The van der Waals surface area contributed by atoms with E-state index in [2.05, 4.69) is 5.32 Å². The lowest BCUT2D eigenvalue weighted by Gasteiger charge is -2.22. The normalized spacial score (nSPS) is 20.0. The maximum absolute atomic E-state index is 10.8. The molecule has 0 saturated carbocycles. The third-order valence-electron chi connectivity index (χ3n) is 3.34. The number of nitrogens with one attached hydrogen (secondary N) is 1. The molecule has 0 aromatic heterocycles. The van der Waals surface area contributed by atoms with Crippen molar-refractivity contribution in [3.63, 3.8) is 0 Å². The third-order valence-corrected chi connectivity index (χ3v) is 3.34. The van der Waals surface area contributed by atoms with Crippen molar-refractivity contribution in [2.45, 2.75) is 31.9 Å². The lowest BCUT2D eigenvalue weighted by Crippen LogP contribution is -2.36. The van der Waals surface area contributed by atoms with Crippen molar-refractivity contribution in [3.05, 3.63) is 28.3 Å². The maximum Gasteiger partial charge on any atom is 0.273 e. The van der Waals surface area contributed by atoms with Crippen LogP contribution in [-0.2, 0) is 0 Å². The Balaban J connectivity index is 2.16. The van der Waals surface area contributed by atoms with Gasteiger partial charge in [-0.2, -0.15) is 0 Å². The van der Waals surface area contributed by atoms with Gasteiger partial charge in [0.2, 0.25) is 0 Å². The summed E-state index contributed by atoms with van der Waals surface area (Å²) in [6.07, 6.45) is 2.13. The Morgan fingerprint density at radius 1 is 1.47 bits per heavy atom. The van der Waals surface area contributed by atoms with E-state index in [0.29, 0.717) is 11.5 Å². The summed E-state index contributed by atoms with van der Waals surface area (Å²) in [4.78, 5) is 10.4. The van der Waals surface area contributed by atoms with Gasteiger partial charge in [0.05, 0.1) is 18.1 Å². The highest BCUT2D eigenvalue weighted by molar-refractivity contribution is 5.48. The molecule has 1 aliphatic heterocycles. The van der Waals surface area contributed by atoms with E-state index in [1.54, 1.807) is 6.07 Å². The molecule has 1 unspecified atom stereocenters. The lowest BCUT2D eigenvalue weighted by atomic mass is 10.1. The largest absolute Gasteiger partial charge is 0.493 e. The van der Waals surface area contributed by atoms with Gasteiger partial charge in [-0.3, -0.25) is 10.1 Å². The lowest BCUT2D eigenvalue weighted by molar-refractivity contribution is -0.385. The molecule has 1 aromatic carbocycles. The van der Waals surface area contributed by atoms with E-state index in [9.17, 15) is 10.1 Å². The van der Waals surface area contributed by atoms with Gasteiger partial charge in [0, 0.05) is 12.1 Å². The van der Waals surface area contributed by atoms with Crippen molar-refractivity contribution < 1.29 is 14.4 Å². The summed E-state index contributed by atoms with van der Waals surface area (Å²) in [5.41, 5.74) is 0.00220. The second-order valence-electron chi connectivity index (χ2n) is 4.62. The van der Waals surface area contributed by atoms with Crippen LogP contribution in [-0.4, -0.2) is 30.7 Å². The highest BCUT2D eigenvalue weighted by Gasteiger charge is 2.24. The van der Waals surface area contributed by atoms with Crippen LogP contribution in [0.3, 0.4) is 0 Å². The molecule has 104 valence electrons. The average Bonchev–Trinajstić information content (AvgIpc) is 2.92. The van der Waals surface area contributed by atoms with E-state index in [0.717, 1.165) is 19.4 Å². The fourth-order valence-corrected chi connectivity index (χ4v) is 2.27. The van der Waals surface area contributed by atoms with Crippen LogP contribution in [0, 0.1) is 10.1 Å². The molecular weight excluding hydrogens is 248 g/mol. The zero-order chi connectivity index (χ0) is 13.8. The van der Waals surface area contributed by atoms with Crippen molar-refractivity contribution in [2.24, 2.45) is 0 Å². The van der Waals surface area contributed by atoms with Crippen LogP contribution in [0.4, 0.5) is 5.69 Å². The fourth-order valence-electron chi connectivity index (χ4n) is 2.27. The summed E-state index contributed by atoms with van der Waals surface area (Å²) in [6.45, 7) is 2.95. The standard InChI is InChI=1S/C13H18N2O4/c1-9(11-4-3-7-14-11)19-13-8-10(15(16)17)5-6-12(13)18-2/h5-6,8-9,11,14H,3-4,7H2,1-2H3/t9-,11?/m0/s1. The summed E-state index contributed by atoms with van der Waals surface area (Å²) in [5, 5.41) is 14.1. The quantitative estimate of drug-likeness (QED) is 0.652. The predicted octanol–water partition coefficient (Wildman–Crippen LogP) is 2.12. The van der Waals surface area contributed by atoms with Crippen molar-refractivity contribution in [2.75, 3.05) is 13.7 Å². The Hall–Kier alpha value is -1.82. The first-order chi connectivity index (χ1) is 9.11. The van der Waals surface area contributed by atoms with Gasteiger partial charge in [-0.1, -0.05) is 0 Å². The van der Waals surface area contributed by atoms with Crippen LogP contribution >= 0.6 is 0 Å². The van der Waals surface area contributed by atoms with Gasteiger partial charge >= 0.3 is 0 Å². The number of nitro groups is 1. The summed E-state index contributed by atoms with van der Waals surface area (Å²) >= 11 is 0. The summed E-state index contributed by atoms with van der Waals surface area (Å²) in [5.74, 6) is 0.924. The molecule has 2 rings (SSSR count). The molecule has 0 amide bonds. The van der Waals surface area contributed by atoms with E-state index in [-0.39, 0.29) is 17.8 Å². The van der Waals surface area contributed by atoms with E-state index in [1.807, 2.05) is 6.92 Å². The molecule has 6 heteroatoms. The van der Waals surface area contributed by atoms with E-state index in [4.69, 9.17) is 9.47 Å². The number of hydrogen-bond donors (Lipinski definition) is 1. The zero-order valence-corrected chi connectivity index (χ0v) is 11.1. The summed E-state index contributed by atoms with van der Waals surface area (Å²) in [6, 6.07) is 4.65. The molecule has 1 saturated heterocycles. The number of ether oxygens (including phenoxy) is 2. The minimum Gasteiger partial charge on any atom is -0.493 e. The number of nitro benzene ring substituents is 1. The topological polar surface area (TPSA) is 73.6 Å². The fraction of sp³-hybridized carbons (Fsp3) is 0.538. The Kier molecular flexibility index (Phi) is 4.21. The highest BCUT2D eigenvalue weighted by Crippen LogP contribution is 2.32. The van der Waals surface area contributed by atoms with Gasteiger partial charge in [0.15, 0.2) is 11.5 Å². The van der Waals surface area contributed by atoms with Crippen molar-refractivity contribution >= 4 is 5.69 Å². The number of nitrogens with zero attached hydrogens (tertiary/aromatic N) is 1. The van der Waals surface area contributed by atoms with Crippen molar-refractivity contribution in [3.8, 4) is 11.5 Å². The SMILES string of the molecule is COc1ccc([N+](=O)[O-])cc1O[C@@H](C)C1CCCN1. The Morgan fingerprint density at radius 2 is 2.26 bits per heavy atom. The van der Waals surface area contributed by atoms with Crippen LogP contribution in [0.5, 0.6) is 11.5 Å². The van der Waals surface area contributed by atoms with Crippen LogP contribution in [0.15, 0.2) is 18.2 Å². The predicted molar refractivity (Wildman–Crippen MR) is 70.8 cm³/mol. The van der Waals surface area contributed by atoms with Crippen molar-refractivity contribution in [1.29, 1.82) is 0 Å². The van der Waals surface area contributed by atoms with Gasteiger partial charge in [-0.25, -0.2) is 0 Å². The van der Waals surface area contributed by atoms with E-state index >= 15 is 0 Å². The van der Waals surface area contributed by atoms with Crippen LogP contribution in [0.2, 0.25) is 0 Å². The molecule has 0 bridgehead atoms. The molecule has 1 aromatic rings. The summed E-state index contributed by atoms with van der Waals surface area (Å²) in [7, 11) is 1.52. The molecular formula is C13H18N2O4. The molecule has 1 heterocycles. The first-order valence-corrected chi connectivity index (χ1v) is 6.34. The minimum atomic E-state index is -0.440. The zero-order valence-electron chi connectivity index (χ0n) is 11.1. The smallest absolute Gasteiger partial charge is 0.273 e. The molecule has 0 spiro atoms. The molecule has 1 aliphatic rings. The molecule has 2 atom stereocenters. The monoisotopic (exact) mass is 266 g/mol. The van der Waals surface area contributed by atoms with Gasteiger partial charge in [0.1, 0.15) is 6.10 Å². The number of non-ortho nitro benzene ring substituents is 1. The van der Waals surface area contributed by atoms with Gasteiger partial charge in [-0.05, 0) is 32.4 Å². The molecule has 0 aliphatic carbocycles. The highest BCUT2D eigenvalue weighted by atomic mass is 16.6. The number of hydrogen-bond acceptors (Lipinski definition) is 5. The van der Waals surface area contributed by atoms with Gasteiger partial charge < -0.3 is 14.8 Å². The maximum atomic E-state index is 10.8. The van der Waals surface area contributed by atoms with Gasteiger partial charge in [0.25, 0.3) is 5.69 Å². The van der Waals surface area contributed by atoms with E-state index < -0.39 is 4.92 Å². The third kappa shape index (κ3) is 3.14. The van der Waals surface area contributed by atoms with Crippen LogP contribution in [0.25, 0.3) is 0 Å². The Morgan fingerprint density at radius 3 is 2.84 bits per heavy atom. The second kappa shape index (κ2) is 5.88. The first-order valence-electron chi connectivity index (χ1n) is 6.34. The van der Waals surface area contributed by atoms with Crippen molar-refractivity contribution in [1.82, 2.24) is 5.32 Å². The molecule has 1 fully saturated rings. The first kappa shape index (κ1) is 13.6. The van der Waals surface area contributed by atoms with Gasteiger partial charge in [-0.15, -0.1) is 0 Å². The number of rotatable bonds is 5. The van der Waals surface area contributed by atoms with Crippen LogP contribution < -0.4 is 14.8 Å². The Labute approximate surface area is 111 Å². The molecule has 0 radical (unpaired) electrons. The van der Waals surface area contributed by atoms with Crippen LogP contribution in [0.1, 0.15) is 19.8 Å². The summed E-state index contributed by atoms with van der Waals surface area (Å²) < 4.78 is 11.0. The minimum absolute atomic E-state index is 0.00220. The average molecular weight is 266 g/mol. The molecule has 1 N–H and O–H groups in total. The number of benzene rings is 1. The molecule has 19 heavy (non-hydrogen) atoms. The Bertz CT molecular complexity index is 458. The second-order valence-corrected chi connectivity index (χ2v) is 4.62. The number of methoxy groups -OCH3 is 1. The molecule has 6 nitrogen and oxygen atoms in total.